The predicted molar refractivity (Wildman–Crippen MR) is 91.3 cm³/mol. The molecular formula is C17H27N3O6. The van der Waals surface area contributed by atoms with Crippen LogP contribution in [0.2, 0.25) is 0 Å². The molecule has 9 heteroatoms. The minimum atomic E-state index is -1.05. The summed E-state index contributed by atoms with van der Waals surface area (Å²) in [5, 5.41) is 11.9. The Hall–Kier alpha value is -2.32. The highest BCUT2D eigenvalue weighted by Crippen LogP contribution is 2.29. The van der Waals surface area contributed by atoms with Gasteiger partial charge in [-0.25, -0.2) is 9.59 Å². The zero-order valence-electron chi connectivity index (χ0n) is 15.7. The van der Waals surface area contributed by atoms with Crippen molar-refractivity contribution in [2.75, 3.05) is 13.1 Å². The molecule has 2 fully saturated rings. The van der Waals surface area contributed by atoms with E-state index in [9.17, 15) is 24.3 Å². The number of carbonyl (C=O) groups is 4. The van der Waals surface area contributed by atoms with Gasteiger partial charge in [-0.15, -0.1) is 0 Å². The molecule has 9 nitrogen and oxygen atoms in total. The van der Waals surface area contributed by atoms with Crippen LogP contribution in [0.5, 0.6) is 0 Å². The number of fused-ring (bicyclic) bond motifs is 1. The summed E-state index contributed by atoms with van der Waals surface area (Å²) < 4.78 is 5.20. The second-order valence-electron chi connectivity index (χ2n) is 7.78. The number of aliphatic carboxylic acids is 1. The Morgan fingerprint density at radius 3 is 2.38 bits per heavy atom. The molecule has 2 rings (SSSR count). The van der Waals surface area contributed by atoms with Gasteiger partial charge in [0, 0.05) is 19.5 Å². The van der Waals surface area contributed by atoms with E-state index in [-0.39, 0.29) is 18.5 Å². The number of hydrogen-bond donors (Lipinski definition) is 2. The van der Waals surface area contributed by atoms with Gasteiger partial charge < -0.3 is 25.0 Å². The van der Waals surface area contributed by atoms with Crippen molar-refractivity contribution in [2.45, 2.75) is 70.7 Å². The molecule has 26 heavy (non-hydrogen) atoms. The molecule has 0 saturated carbocycles. The van der Waals surface area contributed by atoms with Crippen LogP contribution >= 0.6 is 0 Å². The van der Waals surface area contributed by atoms with Crippen molar-refractivity contribution in [3.63, 3.8) is 0 Å². The number of carbonyl (C=O) groups excluding carboxylic acids is 3. The third-order valence-corrected chi connectivity index (χ3v) is 4.61. The normalized spacial score (nSPS) is 26.6. The maximum atomic E-state index is 13.0. The van der Waals surface area contributed by atoms with Crippen LogP contribution in [0.25, 0.3) is 0 Å². The van der Waals surface area contributed by atoms with Crippen molar-refractivity contribution in [1.29, 1.82) is 0 Å². The van der Waals surface area contributed by atoms with E-state index in [0.29, 0.717) is 25.8 Å². The van der Waals surface area contributed by atoms with E-state index in [4.69, 9.17) is 4.74 Å². The van der Waals surface area contributed by atoms with Gasteiger partial charge in [-0.1, -0.05) is 0 Å². The SMILES string of the molecule is CC(=O)N1CC[C@@H]2CC[C@H](C(=O)O)N2C(=O)[C@H](NC(=O)OC(C)(C)C)C1. The Labute approximate surface area is 152 Å². The summed E-state index contributed by atoms with van der Waals surface area (Å²) in [6.07, 6.45) is 0.676. The monoisotopic (exact) mass is 369 g/mol. The van der Waals surface area contributed by atoms with Gasteiger partial charge in [0.15, 0.2) is 0 Å². The number of amides is 3. The van der Waals surface area contributed by atoms with Crippen molar-refractivity contribution in [3.05, 3.63) is 0 Å². The van der Waals surface area contributed by atoms with Crippen LogP contribution < -0.4 is 5.32 Å². The van der Waals surface area contributed by atoms with Crippen LogP contribution in [0.4, 0.5) is 4.79 Å². The summed E-state index contributed by atoms with van der Waals surface area (Å²) in [7, 11) is 0. The second kappa shape index (κ2) is 7.51. The summed E-state index contributed by atoms with van der Waals surface area (Å²) in [4.78, 5) is 51.4. The van der Waals surface area contributed by atoms with Gasteiger partial charge in [0.25, 0.3) is 0 Å². The molecule has 0 bridgehead atoms. The third kappa shape index (κ3) is 4.64. The van der Waals surface area contributed by atoms with Gasteiger partial charge >= 0.3 is 12.1 Å². The average Bonchev–Trinajstić information content (AvgIpc) is 2.89. The molecule has 2 N–H and O–H groups in total. The lowest BCUT2D eigenvalue weighted by Gasteiger charge is -2.38. The smallest absolute Gasteiger partial charge is 0.408 e. The second-order valence-corrected chi connectivity index (χ2v) is 7.78. The number of nitrogens with zero attached hydrogens (tertiary/aromatic N) is 2. The lowest BCUT2D eigenvalue weighted by molar-refractivity contribution is -0.152. The van der Waals surface area contributed by atoms with Crippen LogP contribution in [0.1, 0.15) is 47.0 Å². The number of hydrogen-bond acceptors (Lipinski definition) is 5. The van der Waals surface area contributed by atoms with Crippen molar-refractivity contribution in [2.24, 2.45) is 0 Å². The Kier molecular flexibility index (Phi) is 5.77. The lowest BCUT2D eigenvalue weighted by atomic mass is 10.1. The fourth-order valence-corrected chi connectivity index (χ4v) is 3.46. The van der Waals surface area contributed by atoms with Gasteiger partial charge in [-0.3, -0.25) is 9.59 Å². The molecule has 0 aromatic carbocycles. The number of carboxylic acid groups (broad SMARTS) is 1. The van der Waals surface area contributed by atoms with Gasteiger partial charge in [-0.2, -0.15) is 0 Å². The maximum absolute atomic E-state index is 13.0. The molecule has 2 saturated heterocycles. The minimum Gasteiger partial charge on any atom is -0.480 e. The Bertz CT molecular complexity index is 600. The number of ether oxygens (including phenoxy) is 1. The maximum Gasteiger partial charge on any atom is 0.408 e. The van der Waals surface area contributed by atoms with E-state index >= 15 is 0 Å². The van der Waals surface area contributed by atoms with E-state index in [1.54, 1.807) is 20.8 Å². The highest BCUT2D eigenvalue weighted by molar-refractivity contribution is 5.91. The first-order valence-electron chi connectivity index (χ1n) is 8.79. The lowest BCUT2D eigenvalue weighted by Crippen LogP contribution is -2.60. The summed E-state index contributed by atoms with van der Waals surface area (Å²) in [6.45, 7) is 6.90. The zero-order chi connectivity index (χ0) is 19.6. The molecule has 2 aliphatic rings. The van der Waals surface area contributed by atoms with Crippen LogP contribution in [-0.2, 0) is 19.1 Å². The van der Waals surface area contributed by atoms with Gasteiger partial charge in [0.05, 0.1) is 6.54 Å². The van der Waals surface area contributed by atoms with Gasteiger partial charge in [-0.05, 0) is 40.0 Å². The third-order valence-electron chi connectivity index (χ3n) is 4.61. The number of rotatable bonds is 2. The molecule has 0 spiro atoms. The predicted octanol–water partition coefficient (Wildman–Crippen LogP) is 0.576. The van der Waals surface area contributed by atoms with Crippen LogP contribution in [-0.4, -0.2) is 75.6 Å². The molecule has 146 valence electrons. The molecule has 0 radical (unpaired) electrons. The highest BCUT2D eigenvalue weighted by atomic mass is 16.6. The molecule has 0 aromatic heterocycles. The fourth-order valence-electron chi connectivity index (χ4n) is 3.46. The highest BCUT2D eigenvalue weighted by Gasteiger charge is 2.45. The van der Waals surface area contributed by atoms with Crippen LogP contribution in [0.15, 0.2) is 0 Å². The first-order valence-corrected chi connectivity index (χ1v) is 8.79. The quantitative estimate of drug-likeness (QED) is 0.735. The van der Waals surface area contributed by atoms with Gasteiger partial charge in [0.1, 0.15) is 17.7 Å². The standard InChI is InChI=1S/C17H27N3O6/c1-10(21)19-8-7-11-5-6-13(15(23)24)20(11)14(22)12(9-19)18-16(25)26-17(2,3)4/h11-13H,5-9H2,1-4H3,(H,18,25)(H,23,24)/t11-,12+,13+/m0/s1. The minimum absolute atomic E-state index is 0.0109. The van der Waals surface area contributed by atoms with Crippen LogP contribution in [0, 0.1) is 0 Å². The van der Waals surface area contributed by atoms with Crippen molar-refractivity contribution in [1.82, 2.24) is 15.1 Å². The summed E-state index contributed by atoms with van der Waals surface area (Å²) >= 11 is 0. The Morgan fingerprint density at radius 1 is 1.19 bits per heavy atom. The number of alkyl carbamates (subject to hydrolysis) is 1. The summed E-state index contributed by atoms with van der Waals surface area (Å²) in [6, 6.07) is -2.20. The zero-order valence-corrected chi connectivity index (χ0v) is 15.7. The van der Waals surface area contributed by atoms with Gasteiger partial charge in [0.2, 0.25) is 11.8 Å². The summed E-state index contributed by atoms with van der Waals surface area (Å²) in [5.74, 6) is -1.74. The average molecular weight is 369 g/mol. The fraction of sp³-hybridized carbons (Fsp3) is 0.765. The first-order chi connectivity index (χ1) is 12.0. The molecule has 2 aliphatic heterocycles. The van der Waals surface area contributed by atoms with Crippen molar-refractivity contribution >= 4 is 23.9 Å². The molecule has 3 atom stereocenters. The van der Waals surface area contributed by atoms with Crippen molar-refractivity contribution in [3.8, 4) is 0 Å². The number of nitrogens with one attached hydrogen (secondary N) is 1. The first kappa shape index (κ1) is 20.0. The summed E-state index contributed by atoms with van der Waals surface area (Å²) in [5.41, 5.74) is -0.741. The largest absolute Gasteiger partial charge is 0.480 e. The molecule has 0 unspecified atom stereocenters. The molecule has 0 aliphatic carbocycles. The molecule has 3 amide bonds. The van der Waals surface area contributed by atoms with E-state index in [1.165, 1.54) is 16.7 Å². The molecular weight excluding hydrogens is 342 g/mol. The van der Waals surface area contributed by atoms with Crippen LogP contribution in [0.3, 0.4) is 0 Å². The number of carboxylic acids is 1. The molecule has 2 heterocycles. The Balaban J connectivity index is 2.25. The topological polar surface area (TPSA) is 116 Å². The van der Waals surface area contributed by atoms with E-state index in [2.05, 4.69) is 5.32 Å². The van der Waals surface area contributed by atoms with E-state index in [0.717, 1.165) is 0 Å². The van der Waals surface area contributed by atoms with E-state index in [1.807, 2.05) is 0 Å². The molecule has 0 aromatic rings. The van der Waals surface area contributed by atoms with E-state index < -0.39 is 35.7 Å². The Morgan fingerprint density at radius 2 is 1.85 bits per heavy atom. The van der Waals surface area contributed by atoms with Crippen molar-refractivity contribution < 1.29 is 29.0 Å².